The number of nitrogens with one attached hydrogen (secondary N) is 1. The highest BCUT2D eigenvalue weighted by molar-refractivity contribution is 9.10. The van der Waals surface area contributed by atoms with E-state index in [-0.39, 0.29) is 0 Å². The van der Waals surface area contributed by atoms with Crippen LogP contribution < -0.4 is 5.32 Å². The summed E-state index contributed by atoms with van der Waals surface area (Å²) in [4.78, 5) is 11.1. The van der Waals surface area contributed by atoms with E-state index in [1.54, 1.807) is 0 Å². The van der Waals surface area contributed by atoms with Gasteiger partial charge in [-0.15, -0.1) is 0 Å². The molecule has 2 rings (SSSR count). The molecule has 0 aromatic heterocycles. The van der Waals surface area contributed by atoms with E-state index in [1.165, 1.54) is 0 Å². The van der Waals surface area contributed by atoms with E-state index in [4.69, 9.17) is 0 Å². The Bertz CT molecular complexity index is 354. The number of carbonyl (C=O) groups is 1. The van der Waals surface area contributed by atoms with E-state index in [2.05, 4.69) is 27.3 Å². The lowest BCUT2D eigenvalue weighted by molar-refractivity contribution is -0.120. The summed E-state index contributed by atoms with van der Waals surface area (Å²) >= 11 is 3.51. The molecule has 0 spiro atoms. The lowest BCUT2D eigenvalue weighted by Crippen LogP contribution is -2.26. The lowest BCUT2D eigenvalue weighted by Gasteiger charge is -2.23. The first-order valence-electron chi connectivity index (χ1n) is 5.28. The van der Waals surface area contributed by atoms with Crippen molar-refractivity contribution in [2.24, 2.45) is 0 Å². The number of para-hydroxylation sites is 1. The third-order valence-electron chi connectivity index (χ3n) is 2.78. The Hall–Kier alpha value is -0.830. The molecule has 1 aliphatic rings. The van der Waals surface area contributed by atoms with Crippen molar-refractivity contribution in [3.63, 3.8) is 0 Å². The van der Waals surface area contributed by atoms with Gasteiger partial charge in [0.25, 0.3) is 0 Å². The molecule has 0 heterocycles. The predicted molar refractivity (Wildman–Crippen MR) is 65.0 cm³/mol. The molecule has 1 fully saturated rings. The summed E-state index contributed by atoms with van der Waals surface area (Å²) in [5.41, 5.74) is 1.12. The SMILES string of the molecule is O=C1CCC(Nc2ccccc2Br)CC1. The molecule has 0 aliphatic heterocycles. The Morgan fingerprint density at radius 3 is 2.53 bits per heavy atom. The molecule has 1 aromatic rings. The van der Waals surface area contributed by atoms with Crippen LogP contribution in [-0.4, -0.2) is 11.8 Å². The molecule has 2 nitrogen and oxygen atoms in total. The molecule has 0 radical (unpaired) electrons. The Balaban J connectivity index is 1.97. The van der Waals surface area contributed by atoms with Crippen LogP contribution in [0, 0.1) is 0 Å². The van der Waals surface area contributed by atoms with Gasteiger partial charge in [-0.25, -0.2) is 0 Å². The van der Waals surface area contributed by atoms with Gasteiger partial charge in [0.1, 0.15) is 5.78 Å². The van der Waals surface area contributed by atoms with Crippen molar-refractivity contribution in [2.45, 2.75) is 31.7 Å². The van der Waals surface area contributed by atoms with E-state index in [0.29, 0.717) is 11.8 Å². The summed E-state index contributed by atoms with van der Waals surface area (Å²) in [6.07, 6.45) is 3.37. The van der Waals surface area contributed by atoms with Crippen LogP contribution in [0.4, 0.5) is 5.69 Å². The van der Waals surface area contributed by atoms with Crippen molar-refractivity contribution in [1.82, 2.24) is 0 Å². The van der Waals surface area contributed by atoms with Crippen LogP contribution in [0.15, 0.2) is 28.7 Å². The number of carbonyl (C=O) groups excluding carboxylic acids is 1. The number of Topliss-reactive ketones (excluding diaryl/α,β-unsaturated/α-hetero) is 1. The van der Waals surface area contributed by atoms with Gasteiger partial charge in [-0.2, -0.15) is 0 Å². The summed E-state index contributed by atoms with van der Waals surface area (Å²) in [6, 6.07) is 8.54. The number of hydrogen-bond acceptors (Lipinski definition) is 2. The molecule has 1 saturated carbocycles. The van der Waals surface area contributed by atoms with Gasteiger partial charge in [0.05, 0.1) is 0 Å². The van der Waals surface area contributed by atoms with Crippen molar-refractivity contribution in [2.75, 3.05) is 5.32 Å². The minimum atomic E-state index is 0.403. The molecule has 3 heteroatoms. The third kappa shape index (κ3) is 2.81. The Kier molecular flexibility index (Phi) is 3.41. The van der Waals surface area contributed by atoms with Gasteiger partial charge in [0.15, 0.2) is 0 Å². The molecule has 0 bridgehead atoms. The Labute approximate surface area is 98.2 Å². The van der Waals surface area contributed by atoms with E-state index in [9.17, 15) is 4.79 Å². The zero-order valence-electron chi connectivity index (χ0n) is 8.50. The first-order valence-corrected chi connectivity index (χ1v) is 6.08. The highest BCUT2D eigenvalue weighted by Crippen LogP contribution is 2.25. The van der Waals surface area contributed by atoms with Gasteiger partial charge < -0.3 is 5.32 Å². The summed E-state index contributed by atoms with van der Waals surface area (Å²) in [7, 11) is 0. The van der Waals surface area contributed by atoms with Crippen molar-refractivity contribution >= 4 is 27.4 Å². The molecule has 15 heavy (non-hydrogen) atoms. The van der Waals surface area contributed by atoms with E-state index in [0.717, 1.165) is 35.8 Å². The summed E-state index contributed by atoms with van der Waals surface area (Å²) in [6.45, 7) is 0. The molecule has 80 valence electrons. The van der Waals surface area contributed by atoms with Crippen molar-refractivity contribution < 1.29 is 4.79 Å². The zero-order chi connectivity index (χ0) is 10.7. The van der Waals surface area contributed by atoms with Gasteiger partial charge >= 0.3 is 0 Å². The fourth-order valence-corrected chi connectivity index (χ4v) is 2.28. The van der Waals surface area contributed by atoms with E-state index < -0.39 is 0 Å². The van der Waals surface area contributed by atoms with E-state index >= 15 is 0 Å². The second kappa shape index (κ2) is 4.79. The van der Waals surface area contributed by atoms with Crippen LogP contribution >= 0.6 is 15.9 Å². The topological polar surface area (TPSA) is 29.1 Å². The number of anilines is 1. The molecule has 1 aliphatic carbocycles. The normalized spacial score (nSPS) is 17.8. The first kappa shape index (κ1) is 10.7. The smallest absolute Gasteiger partial charge is 0.133 e. The van der Waals surface area contributed by atoms with Gasteiger partial charge in [-0.1, -0.05) is 12.1 Å². The zero-order valence-corrected chi connectivity index (χ0v) is 10.1. The first-order chi connectivity index (χ1) is 7.25. The number of hydrogen-bond donors (Lipinski definition) is 1. The predicted octanol–water partition coefficient (Wildman–Crippen LogP) is 3.37. The molecule has 0 amide bonds. The second-order valence-corrected chi connectivity index (χ2v) is 4.79. The molecule has 1 aromatic carbocycles. The summed E-state index contributed by atoms with van der Waals surface area (Å²) in [5.74, 6) is 0.403. The molecular weight excluding hydrogens is 254 g/mol. The molecule has 0 atom stereocenters. The van der Waals surface area contributed by atoms with Crippen LogP contribution in [0.3, 0.4) is 0 Å². The Morgan fingerprint density at radius 2 is 1.87 bits per heavy atom. The quantitative estimate of drug-likeness (QED) is 0.890. The molecular formula is C12H14BrNO. The average Bonchev–Trinajstić information content (AvgIpc) is 2.25. The summed E-state index contributed by atoms with van der Waals surface area (Å²) in [5, 5.41) is 3.47. The number of halogens is 1. The number of rotatable bonds is 2. The van der Waals surface area contributed by atoms with Gasteiger partial charge in [-0.3, -0.25) is 4.79 Å². The maximum atomic E-state index is 11.1. The molecule has 0 saturated heterocycles. The molecule has 1 N–H and O–H groups in total. The standard InChI is InChI=1S/C12H14BrNO/c13-11-3-1-2-4-12(11)14-9-5-7-10(15)8-6-9/h1-4,9,14H,5-8H2. The lowest BCUT2D eigenvalue weighted by atomic mass is 9.94. The summed E-state index contributed by atoms with van der Waals surface area (Å²) < 4.78 is 1.09. The second-order valence-electron chi connectivity index (χ2n) is 3.94. The van der Waals surface area contributed by atoms with Crippen LogP contribution in [-0.2, 0) is 4.79 Å². The van der Waals surface area contributed by atoms with Crippen LogP contribution in [0.2, 0.25) is 0 Å². The maximum Gasteiger partial charge on any atom is 0.133 e. The number of ketones is 1. The fraction of sp³-hybridized carbons (Fsp3) is 0.417. The van der Waals surface area contributed by atoms with Crippen molar-refractivity contribution in [3.8, 4) is 0 Å². The van der Waals surface area contributed by atoms with Crippen LogP contribution in [0.1, 0.15) is 25.7 Å². The highest BCUT2D eigenvalue weighted by atomic mass is 79.9. The van der Waals surface area contributed by atoms with E-state index in [1.807, 2.05) is 18.2 Å². The maximum absolute atomic E-state index is 11.1. The van der Waals surface area contributed by atoms with Crippen molar-refractivity contribution in [1.29, 1.82) is 0 Å². The minimum Gasteiger partial charge on any atom is -0.381 e. The van der Waals surface area contributed by atoms with Gasteiger partial charge in [0, 0.05) is 29.0 Å². The monoisotopic (exact) mass is 267 g/mol. The molecule has 0 unspecified atom stereocenters. The largest absolute Gasteiger partial charge is 0.381 e. The average molecular weight is 268 g/mol. The van der Waals surface area contributed by atoms with Gasteiger partial charge in [0.2, 0.25) is 0 Å². The third-order valence-corrected chi connectivity index (χ3v) is 3.47. The fourth-order valence-electron chi connectivity index (χ4n) is 1.88. The van der Waals surface area contributed by atoms with Gasteiger partial charge in [-0.05, 0) is 40.9 Å². The highest BCUT2D eigenvalue weighted by Gasteiger charge is 2.18. The van der Waals surface area contributed by atoms with Crippen LogP contribution in [0.25, 0.3) is 0 Å². The van der Waals surface area contributed by atoms with Crippen molar-refractivity contribution in [3.05, 3.63) is 28.7 Å². The Morgan fingerprint density at radius 1 is 1.20 bits per heavy atom. The number of benzene rings is 1. The minimum absolute atomic E-state index is 0.403. The van der Waals surface area contributed by atoms with Crippen LogP contribution in [0.5, 0.6) is 0 Å².